The quantitative estimate of drug-likeness (QED) is 0.818. The Morgan fingerprint density at radius 3 is 2.87 bits per heavy atom. The van der Waals surface area contributed by atoms with Crippen LogP contribution in [-0.2, 0) is 0 Å². The summed E-state index contributed by atoms with van der Waals surface area (Å²) in [6.45, 7) is 3.47. The van der Waals surface area contributed by atoms with Gasteiger partial charge < -0.3 is 14.3 Å². The number of methoxy groups -OCH3 is 1. The molecular weight excluding hydrogens is 196 g/mol. The zero-order valence-corrected chi connectivity index (χ0v) is 9.03. The van der Waals surface area contributed by atoms with Crippen molar-refractivity contribution in [1.29, 1.82) is 0 Å². The second kappa shape index (κ2) is 4.79. The fourth-order valence-corrected chi connectivity index (χ4v) is 1.35. The average Bonchev–Trinajstić information content (AvgIpc) is 2.21. The molecule has 15 heavy (non-hydrogen) atoms. The van der Waals surface area contributed by atoms with Crippen LogP contribution in [-0.4, -0.2) is 18.8 Å². The van der Waals surface area contributed by atoms with E-state index in [-0.39, 0.29) is 6.61 Å². The molecule has 1 heterocycles. The Hall–Kier alpha value is -1.55. The molecule has 82 valence electrons. The van der Waals surface area contributed by atoms with Crippen molar-refractivity contribution in [1.82, 2.24) is 0 Å². The van der Waals surface area contributed by atoms with Crippen LogP contribution >= 0.6 is 0 Å². The lowest BCUT2D eigenvalue weighted by Gasteiger charge is -2.08. The Kier molecular flexibility index (Phi) is 3.68. The monoisotopic (exact) mass is 210 g/mol. The van der Waals surface area contributed by atoms with E-state index in [1.807, 2.05) is 0 Å². The lowest BCUT2D eigenvalue weighted by atomic mass is 10.1. The van der Waals surface area contributed by atoms with Gasteiger partial charge >= 0.3 is 5.63 Å². The van der Waals surface area contributed by atoms with Gasteiger partial charge in [-0.1, -0.05) is 6.08 Å². The first-order valence-electron chi connectivity index (χ1n) is 4.57. The van der Waals surface area contributed by atoms with Gasteiger partial charge in [-0.2, -0.15) is 0 Å². The number of ether oxygens (including phenoxy) is 1. The van der Waals surface area contributed by atoms with Crippen LogP contribution < -0.4 is 10.4 Å². The van der Waals surface area contributed by atoms with E-state index in [0.717, 1.165) is 5.56 Å². The molecule has 1 aromatic heterocycles. The van der Waals surface area contributed by atoms with Gasteiger partial charge in [0.25, 0.3) is 0 Å². The Bertz CT molecular complexity index is 429. The highest BCUT2D eigenvalue weighted by Gasteiger charge is 2.10. The van der Waals surface area contributed by atoms with Crippen LogP contribution in [0.1, 0.15) is 18.2 Å². The molecule has 1 rings (SSSR count). The Balaban J connectivity index is 3.35. The maximum Gasteiger partial charge on any atom is 0.339 e. The molecule has 1 N–H and O–H groups in total. The highest BCUT2D eigenvalue weighted by Crippen LogP contribution is 2.24. The van der Waals surface area contributed by atoms with Crippen molar-refractivity contribution in [3.63, 3.8) is 0 Å². The molecule has 0 aliphatic rings. The van der Waals surface area contributed by atoms with Crippen molar-refractivity contribution >= 4 is 5.57 Å². The Morgan fingerprint density at radius 2 is 2.33 bits per heavy atom. The number of aliphatic hydroxyl groups is 1. The van der Waals surface area contributed by atoms with Crippen LogP contribution in [0.25, 0.3) is 5.57 Å². The lowest BCUT2D eigenvalue weighted by Crippen LogP contribution is -2.04. The molecule has 0 spiro atoms. The summed E-state index contributed by atoms with van der Waals surface area (Å²) in [5, 5.41) is 8.76. The summed E-state index contributed by atoms with van der Waals surface area (Å²) in [6, 6.07) is 1.30. The minimum Gasteiger partial charge on any atom is -0.496 e. The first-order valence-corrected chi connectivity index (χ1v) is 4.57. The second-order valence-electron chi connectivity index (χ2n) is 3.16. The van der Waals surface area contributed by atoms with Crippen molar-refractivity contribution in [2.45, 2.75) is 13.8 Å². The summed E-state index contributed by atoms with van der Waals surface area (Å²) >= 11 is 0. The van der Waals surface area contributed by atoms with Crippen LogP contribution in [0.4, 0.5) is 0 Å². The van der Waals surface area contributed by atoms with Gasteiger partial charge in [0, 0.05) is 5.56 Å². The molecule has 1 aromatic rings. The summed E-state index contributed by atoms with van der Waals surface area (Å²) in [5.74, 6) is 0.945. The average molecular weight is 210 g/mol. The first kappa shape index (κ1) is 11.5. The minimum atomic E-state index is -0.460. The zero-order chi connectivity index (χ0) is 11.4. The van der Waals surface area contributed by atoms with E-state index >= 15 is 0 Å². The normalized spacial score (nSPS) is 11.6. The van der Waals surface area contributed by atoms with Gasteiger partial charge in [-0.25, -0.2) is 4.79 Å². The molecule has 0 saturated heterocycles. The van der Waals surface area contributed by atoms with E-state index in [1.165, 1.54) is 13.2 Å². The van der Waals surface area contributed by atoms with Gasteiger partial charge in [0.2, 0.25) is 0 Å². The molecule has 4 nitrogen and oxygen atoms in total. The lowest BCUT2D eigenvalue weighted by molar-refractivity contribution is 0.342. The summed E-state index contributed by atoms with van der Waals surface area (Å²) in [6.07, 6.45) is 1.57. The molecule has 0 atom stereocenters. The Labute approximate surface area is 87.8 Å². The number of hydrogen-bond acceptors (Lipinski definition) is 4. The van der Waals surface area contributed by atoms with E-state index in [9.17, 15) is 4.79 Å². The number of allylic oxidation sites excluding steroid dienone is 1. The molecule has 0 unspecified atom stereocenters. The molecule has 0 radical (unpaired) electrons. The predicted molar refractivity (Wildman–Crippen MR) is 57.0 cm³/mol. The Morgan fingerprint density at radius 1 is 1.67 bits per heavy atom. The molecule has 0 amide bonds. The molecule has 4 heteroatoms. The third kappa shape index (κ3) is 2.47. The molecule has 0 bridgehead atoms. The zero-order valence-electron chi connectivity index (χ0n) is 9.03. The van der Waals surface area contributed by atoms with E-state index in [1.54, 1.807) is 19.9 Å². The maximum atomic E-state index is 11.2. The highest BCUT2D eigenvalue weighted by molar-refractivity contribution is 5.63. The largest absolute Gasteiger partial charge is 0.496 e. The molecule has 0 aliphatic heterocycles. The maximum absolute atomic E-state index is 11.2. The van der Waals surface area contributed by atoms with Crippen LogP contribution in [0, 0.1) is 6.92 Å². The predicted octanol–water partition coefficient (Wildman–Crippen LogP) is 1.35. The van der Waals surface area contributed by atoms with Crippen LogP contribution in [0.5, 0.6) is 5.75 Å². The summed E-state index contributed by atoms with van der Waals surface area (Å²) in [5.41, 5.74) is 1.00. The first-order chi connectivity index (χ1) is 7.10. The molecular formula is C11H14O4. The van der Waals surface area contributed by atoms with Crippen molar-refractivity contribution in [3.05, 3.63) is 33.9 Å². The van der Waals surface area contributed by atoms with Gasteiger partial charge in [0.1, 0.15) is 11.5 Å². The number of aliphatic hydroxyl groups excluding tert-OH is 1. The SMILES string of the molecule is COc1cc(=O)oc(/C(C)=C/CO)c1C. The van der Waals surface area contributed by atoms with Gasteiger partial charge in [-0.05, 0) is 19.4 Å². The number of hydrogen-bond donors (Lipinski definition) is 1. The summed E-state index contributed by atoms with van der Waals surface area (Å²) < 4.78 is 10.1. The van der Waals surface area contributed by atoms with Crippen molar-refractivity contribution < 1.29 is 14.3 Å². The minimum absolute atomic E-state index is 0.0911. The molecule has 0 fully saturated rings. The van der Waals surface area contributed by atoms with Crippen LogP contribution in [0.2, 0.25) is 0 Å². The fourth-order valence-electron chi connectivity index (χ4n) is 1.35. The number of rotatable bonds is 3. The third-order valence-corrected chi connectivity index (χ3v) is 2.14. The standard InChI is InChI=1S/C11H14O4/c1-7(4-5-12)11-8(2)9(14-3)6-10(13)15-11/h4,6,12H,5H2,1-3H3/b7-4+. The van der Waals surface area contributed by atoms with Gasteiger partial charge in [-0.15, -0.1) is 0 Å². The topological polar surface area (TPSA) is 59.7 Å². The van der Waals surface area contributed by atoms with Gasteiger partial charge in [0.05, 0.1) is 19.8 Å². The summed E-state index contributed by atoms with van der Waals surface area (Å²) in [4.78, 5) is 11.2. The van der Waals surface area contributed by atoms with Gasteiger partial charge in [-0.3, -0.25) is 0 Å². The van der Waals surface area contributed by atoms with E-state index < -0.39 is 5.63 Å². The fraction of sp³-hybridized carbons (Fsp3) is 0.364. The summed E-state index contributed by atoms with van der Waals surface area (Å²) in [7, 11) is 1.50. The highest BCUT2D eigenvalue weighted by atomic mass is 16.5. The van der Waals surface area contributed by atoms with Crippen molar-refractivity contribution in [2.75, 3.05) is 13.7 Å². The second-order valence-corrected chi connectivity index (χ2v) is 3.16. The smallest absolute Gasteiger partial charge is 0.339 e. The third-order valence-electron chi connectivity index (χ3n) is 2.14. The molecule has 0 saturated carbocycles. The van der Waals surface area contributed by atoms with E-state index in [2.05, 4.69) is 0 Å². The molecule has 0 aromatic carbocycles. The van der Waals surface area contributed by atoms with Crippen molar-refractivity contribution in [3.8, 4) is 5.75 Å². The van der Waals surface area contributed by atoms with Gasteiger partial charge in [0.15, 0.2) is 0 Å². The van der Waals surface area contributed by atoms with E-state index in [0.29, 0.717) is 17.1 Å². The van der Waals surface area contributed by atoms with Crippen LogP contribution in [0.15, 0.2) is 21.4 Å². The molecule has 0 aliphatic carbocycles. The van der Waals surface area contributed by atoms with Crippen LogP contribution in [0.3, 0.4) is 0 Å². The van der Waals surface area contributed by atoms with E-state index in [4.69, 9.17) is 14.3 Å². The van der Waals surface area contributed by atoms with Crippen molar-refractivity contribution in [2.24, 2.45) is 0 Å².